The molecule has 5 heteroatoms. The van der Waals surface area contributed by atoms with Crippen molar-refractivity contribution in [3.8, 4) is 0 Å². The highest BCUT2D eigenvalue weighted by molar-refractivity contribution is 6.48. The minimum Gasteiger partial charge on any atom is -0.310 e. The summed E-state index contributed by atoms with van der Waals surface area (Å²) in [6.07, 6.45) is 2.53. The van der Waals surface area contributed by atoms with Crippen LogP contribution < -0.4 is 5.32 Å². The van der Waals surface area contributed by atoms with Gasteiger partial charge in [0.2, 0.25) is 0 Å². The predicted molar refractivity (Wildman–Crippen MR) is 92.7 cm³/mol. The van der Waals surface area contributed by atoms with E-state index >= 15 is 0 Å². The number of hydrogen-bond acceptors (Lipinski definition) is 2. The van der Waals surface area contributed by atoms with Crippen LogP contribution in [0.1, 0.15) is 38.3 Å². The van der Waals surface area contributed by atoms with Crippen molar-refractivity contribution in [1.29, 1.82) is 0 Å². The molecule has 21 heavy (non-hydrogen) atoms. The van der Waals surface area contributed by atoms with Crippen molar-refractivity contribution in [2.75, 3.05) is 26.2 Å². The van der Waals surface area contributed by atoms with Crippen LogP contribution in [0.3, 0.4) is 0 Å². The summed E-state index contributed by atoms with van der Waals surface area (Å²) in [6.45, 7) is 8.96. The Morgan fingerprint density at radius 2 is 1.86 bits per heavy atom. The van der Waals surface area contributed by atoms with E-state index in [-0.39, 0.29) is 6.04 Å². The lowest BCUT2D eigenvalue weighted by molar-refractivity contribution is 0.188. The van der Waals surface area contributed by atoms with Crippen LogP contribution in [0, 0.1) is 5.92 Å². The zero-order valence-electron chi connectivity index (χ0n) is 12.6. The molecule has 1 fully saturated rings. The number of halogens is 3. The van der Waals surface area contributed by atoms with Crippen LogP contribution in [0.25, 0.3) is 0 Å². The van der Waals surface area contributed by atoms with Gasteiger partial charge in [0.05, 0.1) is 15.1 Å². The van der Waals surface area contributed by atoms with Crippen LogP contribution in [0.5, 0.6) is 0 Å². The first-order chi connectivity index (χ1) is 10.0. The Labute approximate surface area is 142 Å². The standard InChI is InChI=1S/C16H23Cl3N2/c1-3-21-8-6-12(7-9-21)10-20-11(2)13-4-5-14(17)16(19)15(13)18/h4-5,11-12,20H,3,6-10H2,1-2H3. The van der Waals surface area contributed by atoms with Crippen molar-refractivity contribution in [3.63, 3.8) is 0 Å². The zero-order valence-corrected chi connectivity index (χ0v) is 14.9. The van der Waals surface area contributed by atoms with E-state index in [1.165, 1.54) is 25.9 Å². The fourth-order valence-corrected chi connectivity index (χ4v) is 3.54. The van der Waals surface area contributed by atoms with Crippen LogP contribution >= 0.6 is 34.8 Å². The first kappa shape index (κ1) is 17.4. The van der Waals surface area contributed by atoms with Gasteiger partial charge in [-0.25, -0.2) is 0 Å². The summed E-state index contributed by atoms with van der Waals surface area (Å²) in [5, 5.41) is 5.09. The molecule has 2 rings (SSSR count). The maximum Gasteiger partial charge on any atom is 0.0781 e. The number of hydrogen-bond donors (Lipinski definition) is 1. The van der Waals surface area contributed by atoms with E-state index in [2.05, 4.69) is 24.1 Å². The third-order valence-corrected chi connectivity index (χ3v) is 5.71. The van der Waals surface area contributed by atoms with Crippen LogP contribution in [0.4, 0.5) is 0 Å². The highest BCUT2D eigenvalue weighted by atomic mass is 35.5. The van der Waals surface area contributed by atoms with Gasteiger partial charge in [0.15, 0.2) is 0 Å². The van der Waals surface area contributed by atoms with Crippen LogP contribution in [0.2, 0.25) is 15.1 Å². The Kier molecular flexibility index (Phi) is 6.64. The summed E-state index contributed by atoms with van der Waals surface area (Å²) in [6, 6.07) is 3.94. The van der Waals surface area contributed by atoms with Crippen molar-refractivity contribution in [3.05, 3.63) is 32.8 Å². The normalized spacial score (nSPS) is 18.9. The van der Waals surface area contributed by atoms with Crippen LogP contribution in [0.15, 0.2) is 12.1 Å². The van der Waals surface area contributed by atoms with Gasteiger partial charge in [0.25, 0.3) is 0 Å². The van der Waals surface area contributed by atoms with Crippen molar-refractivity contribution >= 4 is 34.8 Å². The second-order valence-electron chi connectivity index (χ2n) is 5.77. The van der Waals surface area contributed by atoms with Crippen LogP contribution in [-0.2, 0) is 0 Å². The Morgan fingerprint density at radius 1 is 1.19 bits per heavy atom. The van der Waals surface area contributed by atoms with Gasteiger partial charge < -0.3 is 10.2 Å². The van der Waals surface area contributed by atoms with Crippen molar-refractivity contribution in [2.24, 2.45) is 5.92 Å². The largest absolute Gasteiger partial charge is 0.310 e. The molecule has 1 atom stereocenters. The highest BCUT2D eigenvalue weighted by Crippen LogP contribution is 2.35. The van der Waals surface area contributed by atoms with Gasteiger partial charge in [-0.15, -0.1) is 0 Å². The molecule has 1 aliphatic heterocycles. The van der Waals surface area contributed by atoms with Crippen molar-refractivity contribution < 1.29 is 0 Å². The van der Waals surface area contributed by atoms with E-state index in [0.29, 0.717) is 15.1 Å². The topological polar surface area (TPSA) is 15.3 Å². The summed E-state index contributed by atoms with van der Waals surface area (Å²) < 4.78 is 0. The second-order valence-corrected chi connectivity index (χ2v) is 6.94. The molecule has 1 aromatic carbocycles. The van der Waals surface area contributed by atoms with Gasteiger partial charge in [0.1, 0.15) is 0 Å². The summed E-state index contributed by atoms with van der Waals surface area (Å²) in [4.78, 5) is 2.51. The highest BCUT2D eigenvalue weighted by Gasteiger charge is 2.20. The Bertz CT molecular complexity index is 471. The number of benzene rings is 1. The fraction of sp³-hybridized carbons (Fsp3) is 0.625. The van der Waals surface area contributed by atoms with E-state index in [1.54, 1.807) is 0 Å². The molecule has 0 saturated carbocycles. The zero-order chi connectivity index (χ0) is 15.4. The third kappa shape index (κ3) is 4.49. The smallest absolute Gasteiger partial charge is 0.0781 e. The summed E-state index contributed by atoms with van der Waals surface area (Å²) in [5.74, 6) is 0.747. The summed E-state index contributed by atoms with van der Waals surface area (Å²) in [7, 11) is 0. The summed E-state index contributed by atoms with van der Waals surface area (Å²) in [5.41, 5.74) is 1.01. The minimum absolute atomic E-state index is 0.177. The molecule has 1 aromatic rings. The number of nitrogens with zero attached hydrogens (tertiary/aromatic N) is 1. The molecule has 0 spiro atoms. The number of nitrogens with one attached hydrogen (secondary N) is 1. The van der Waals surface area contributed by atoms with Gasteiger partial charge in [-0.1, -0.05) is 47.8 Å². The SMILES string of the molecule is CCN1CCC(CNC(C)c2ccc(Cl)c(Cl)c2Cl)CC1. The van der Waals surface area contributed by atoms with E-state index in [9.17, 15) is 0 Å². The van der Waals surface area contributed by atoms with Crippen molar-refractivity contribution in [2.45, 2.75) is 32.7 Å². The van der Waals surface area contributed by atoms with Gasteiger partial charge in [-0.05, 0) is 63.5 Å². The molecular formula is C16H23Cl3N2. The average Bonchev–Trinajstić information content (AvgIpc) is 2.51. The van der Waals surface area contributed by atoms with E-state index < -0.39 is 0 Å². The van der Waals surface area contributed by atoms with E-state index in [1.807, 2.05) is 12.1 Å². The number of likely N-dealkylation sites (tertiary alicyclic amines) is 1. The monoisotopic (exact) mass is 348 g/mol. The number of rotatable bonds is 5. The lowest BCUT2D eigenvalue weighted by Crippen LogP contribution is -2.37. The molecule has 118 valence electrons. The predicted octanol–water partition coefficient (Wildman–Crippen LogP) is 5.03. The number of piperidine rings is 1. The maximum atomic E-state index is 6.29. The summed E-state index contributed by atoms with van der Waals surface area (Å²) >= 11 is 18.4. The first-order valence-corrected chi connectivity index (χ1v) is 8.75. The maximum absolute atomic E-state index is 6.29. The molecule has 0 radical (unpaired) electrons. The third-order valence-electron chi connectivity index (χ3n) is 4.40. The van der Waals surface area contributed by atoms with Crippen LogP contribution in [-0.4, -0.2) is 31.1 Å². The fourth-order valence-electron chi connectivity index (χ4n) is 2.84. The second kappa shape index (κ2) is 8.03. The molecule has 1 saturated heterocycles. The van der Waals surface area contributed by atoms with Gasteiger partial charge in [0, 0.05) is 6.04 Å². The average molecular weight is 350 g/mol. The van der Waals surface area contributed by atoms with Gasteiger partial charge in [-0.3, -0.25) is 0 Å². The lowest BCUT2D eigenvalue weighted by Gasteiger charge is -2.32. The van der Waals surface area contributed by atoms with Gasteiger partial charge >= 0.3 is 0 Å². The quantitative estimate of drug-likeness (QED) is 0.750. The van der Waals surface area contributed by atoms with Gasteiger partial charge in [-0.2, -0.15) is 0 Å². The molecule has 0 aromatic heterocycles. The Morgan fingerprint density at radius 3 is 2.48 bits per heavy atom. The molecule has 0 aliphatic carbocycles. The van der Waals surface area contributed by atoms with Crippen molar-refractivity contribution in [1.82, 2.24) is 10.2 Å². The first-order valence-electron chi connectivity index (χ1n) is 7.62. The molecule has 1 N–H and O–H groups in total. The molecule has 1 unspecified atom stereocenters. The van der Waals surface area contributed by atoms with E-state index in [0.717, 1.165) is 24.6 Å². The molecule has 1 aliphatic rings. The Balaban J connectivity index is 1.88. The minimum atomic E-state index is 0.177. The molecule has 0 bridgehead atoms. The molecule has 2 nitrogen and oxygen atoms in total. The molecule has 1 heterocycles. The molecular weight excluding hydrogens is 327 g/mol. The molecule has 0 amide bonds. The van der Waals surface area contributed by atoms with E-state index in [4.69, 9.17) is 34.8 Å². The Hall–Kier alpha value is 0.01000. The lowest BCUT2D eigenvalue weighted by atomic mass is 9.96.